The molecule has 1 aliphatic carbocycles. The Morgan fingerprint density at radius 3 is 2.71 bits per heavy atom. The van der Waals surface area contributed by atoms with E-state index in [2.05, 4.69) is 68.7 Å². The molecule has 0 bridgehead atoms. The minimum atomic E-state index is -0.464. The van der Waals surface area contributed by atoms with E-state index in [-0.39, 0.29) is 11.3 Å². The molecule has 0 spiro atoms. The normalized spacial score (nSPS) is 16.1. The second-order valence-electron chi connectivity index (χ2n) is 12.3. The maximum atomic E-state index is 13.1. The van der Waals surface area contributed by atoms with Gasteiger partial charge in [0, 0.05) is 46.9 Å². The number of rotatable bonds is 8. The molecule has 1 saturated carbocycles. The summed E-state index contributed by atoms with van der Waals surface area (Å²) in [7, 11) is 0. The van der Waals surface area contributed by atoms with Crippen LogP contribution in [-0.4, -0.2) is 61.6 Å². The number of aromatic nitrogens is 4. The molecule has 2 fully saturated rings. The first-order valence-corrected chi connectivity index (χ1v) is 14.9. The van der Waals surface area contributed by atoms with Crippen molar-refractivity contribution in [3.63, 3.8) is 0 Å². The van der Waals surface area contributed by atoms with Crippen LogP contribution in [0.2, 0.25) is 0 Å². The summed E-state index contributed by atoms with van der Waals surface area (Å²) in [4.78, 5) is 19.3. The maximum Gasteiger partial charge on any atom is 0.254 e. The molecule has 1 atom stereocenters. The van der Waals surface area contributed by atoms with Crippen LogP contribution in [0.1, 0.15) is 72.9 Å². The highest BCUT2D eigenvalue weighted by Gasteiger charge is 2.31. The molecule has 2 aliphatic rings. The van der Waals surface area contributed by atoms with Gasteiger partial charge in [0.2, 0.25) is 0 Å². The van der Waals surface area contributed by atoms with Crippen LogP contribution < -0.4 is 10.6 Å². The van der Waals surface area contributed by atoms with E-state index in [4.69, 9.17) is 0 Å². The SMILES string of the molecule is CC(C)(C)CNc1c(C#N)cnc2c(Br)cc(NC(c3cccc(C(=O)N4CC(O)C4)c3)c3cn(C4CC4)nn3)cc12. The molecule has 0 radical (unpaired) electrons. The van der Waals surface area contributed by atoms with E-state index >= 15 is 0 Å². The summed E-state index contributed by atoms with van der Waals surface area (Å²) in [6, 6.07) is 13.7. The zero-order valence-corrected chi connectivity index (χ0v) is 25.4. The number of fused-ring (bicyclic) bond motifs is 1. The Balaban J connectivity index is 1.40. The fourth-order valence-corrected chi connectivity index (χ4v) is 5.62. The van der Waals surface area contributed by atoms with Gasteiger partial charge in [-0.25, -0.2) is 4.68 Å². The number of benzene rings is 2. The first-order valence-electron chi connectivity index (χ1n) is 14.1. The summed E-state index contributed by atoms with van der Waals surface area (Å²) in [5.74, 6) is -0.111. The number of carbonyl (C=O) groups is 1. The van der Waals surface area contributed by atoms with Gasteiger partial charge in [-0.15, -0.1) is 5.10 Å². The monoisotopic (exact) mass is 628 g/mol. The van der Waals surface area contributed by atoms with Crippen LogP contribution in [0.15, 0.2) is 53.3 Å². The van der Waals surface area contributed by atoms with Crippen LogP contribution in [0.4, 0.5) is 11.4 Å². The fraction of sp³-hybridized carbons (Fsp3) is 0.387. The van der Waals surface area contributed by atoms with Gasteiger partial charge in [-0.1, -0.05) is 38.1 Å². The molecule has 3 N–H and O–H groups in total. The van der Waals surface area contributed by atoms with Crippen LogP contribution in [0.25, 0.3) is 10.9 Å². The molecule has 1 unspecified atom stereocenters. The van der Waals surface area contributed by atoms with Crippen molar-refractivity contribution in [3.8, 4) is 6.07 Å². The Kier molecular flexibility index (Phi) is 7.37. The van der Waals surface area contributed by atoms with Crippen LogP contribution in [0, 0.1) is 16.7 Å². The number of halogens is 1. The Bertz CT molecular complexity index is 1700. The number of anilines is 2. The Morgan fingerprint density at radius 2 is 2.02 bits per heavy atom. The molecule has 11 heteroatoms. The van der Waals surface area contributed by atoms with Gasteiger partial charge in [0.1, 0.15) is 11.8 Å². The second kappa shape index (κ2) is 11.0. The average molecular weight is 630 g/mol. The molecule has 2 aromatic heterocycles. The molecule has 6 rings (SSSR count). The van der Waals surface area contributed by atoms with E-state index in [1.807, 2.05) is 41.2 Å². The third-order valence-corrected chi connectivity index (χ3v) is 8.12. The number of aliphatic hydroxyl groups excluding tert-OH is 1. The highest BCUT2D eigenvalue weighted by molar-refractivity contribution is 9.10. The first-order chi connectivity index (χ1) is 20.1. The van der Waals surface area contributed by atoms with Crippen LogP contribution >= 0.6 is 15.9 Å². The largest absolute Gasteiger partial charge is 0.389 e. The predicted molar refractivity (Wildman–Crippen MR) is 164 cm³/mol. The predicted octanol–water partition coefficient (Wildman–Crippen LogP) is 5.27. The summed E-state index contributed by atoms with van der Waals surface area (Å²) in [5.41, 5.74) is 4.90. The Labute approximate surface area is 252 Å². The minimum absolute atomic E-state index is 0.00445. The van der Waals surface area contributed by atoms with Gasteiger partial charge in [0.15, 0.2) is 0 Å². The number of hydrogen-bond acceptors (Lipinski definition) is 8. The van der Waals surface area contributed by atoms with Gasteiger partial charge in [-0.3, -0.25) is 9.78 Å². The lowest BCUT2D eigenvalue weighted by Crippen LogP contribution is -2.53. The summed E-state index contributed by atoms with van der Waals surface area (Å²) < 4.78 is 2.69. The van der Waals surface area contributed by atoms with Crippen molar-refractivity contribution in [1.29, 1.82) is 5.26 Å². The first kappa shape index (κ1) is 28.1. The molecule has 3 heterocycles. The molecule has 4 aromatic rings. The lowest BCUT2D eigenvalue weighted by atomic mass is 9.96. The summed E-state index contributed by atoms with van der Waals surface area (Å²) >= 11 is 3.70. The van der Waals surface area contributed by atoms with Crippen molar-refractivity contribution in [3.05, 3.63) is 75.6 Å². The number of nitrogens with one attached hydrogen (secondary N) is 2. The Morgan fingerprint density at radius 1 is 1.24 bits per heavy atom. The van der Waals surface area contributed by atoms with E-state index < -0.39 is 12.1 Å². The standard InChI is InChI=1S/C31H33BrN8O2/c1-31(2,3)17-35-27-20(12-33)13-34-29-24(27)10-21(11-25(29)32)36-28(26-16-40(38-37-26)22-7-8-22)18-5-4-6-19(9-18)30(42)39-14-23(41)15-39/h4-6,9-11,13,16,22-23,28,36,41H,7-8,14-15,17H2,1-3H3,(H,34,35). The van der Waals surface area contributed by atoms with Crippen molar-refractivity contribution >= 4 is 44.1 Å². The molecule has 1 aliphatic heterocycles. The number of hydrogen-bond donors (Lipinski definition) is 3. The molecular weight excluding hydrogens is 596 g/mol. The maximum absolute atomic E-state index is 13.1. The molecule has 2 aromatic carbocycles. The number of amides is 1. The summed E-state index contributed by atoms with van der Waals surface area (Å²) in [5, 5.41) is 36.4. The van der Waals surface area contributed by atoms with Gasteiger partial charge in [-0.2, -0.15) is 5.26 Å². The molecule has 216 valence electrons. The van der Waals surface area contributed by atoms with Gasteiger partial charge in [0.05, 0.1) is 41.2 Å². The third kappa shape index (κ3) is 5.82. The van der Waals surface area contributed by atoms with Gasteiger partial charge >= 0.3 is 0 Å². The highest BCUT2D eigenvalue weighted by Crippen LogP contribution is 2.38. The van der Waals surface area contributed by atoms with Crippen molar-refractivity contribution in [2.75, 3.05) is 30.3 Å². The zero-order valence-electron chi connectivity index (χ0n) is 23.8. The van der Waals surface area contributed by atoms with Crippen molar-refractivity contribution in [2.45, 2.75) is 51.8 Å². The smallest absolute Gasteiger partial charge is 0.254 e. The molecule has 10 nitrogen and oxygen atoms in total. The zero-order chi connectivity index (χ0) is 29.6. The van der Waals surface area contributed by atoms with Gasteiger partial charge in [0.25, 0.3) is 5.91 Å². The van der Waals surface area contributed by atoms with E-state index in [9.17, 15) is 15.2 Å². The van der Waals surface area contributed by atoms with E-state index in [1.165, 1.54) is 0 Å². The number of likely N-dealkylation sites (tertiary alicyclic amines) is 1. The van der Waals surface area contributed by atoms with Gasteiger partial charge in [-0.05, 0) is 64.0 Å². The number of β-amino-alcohol motifs (C(OH)–C–C–N with tert-alkyl or cyclic N) is 1. The molecule has 1 amide bonds. The van der Waals surface area contributed by atoms with Gasteiger partial charge < -0.3 is 20.6 Å². The van der Waals surface area contributed by atoms with E-state index in [1.54, 1.807) is 17.2 Å². The molecular formula is C31H33BrN8O2. The fourth-order valence-electron chi connectivity index (χ4n) is 5.06. The van der Waals surface area contributed by atoms with Crippen LogP contribution in [0.5, 0.6) is 0 Å². The number of carbonyl (C=O) groups excluding carboxylic acids is 1. The second-order valence-corrected chi connectivity index (χ2v) is 13.2. The summed E-state index contributed by atoms with van der Waals surface area (Å²) in [6.07, 6.45) is 5.28. The number of nitriles is 1. The van der Waals surface area contributed by atoms with E-state index in [0.29, 0.717) is 36.8 Å². The lowest BCUT2D eigenvalue weighted by molar-refractivity contribution is 0.00589. The van der Waals surface area contributed by atoms with E-state index in [0.717, 1.165) is 50.8 Å². The minimum Gasteiger partial charge on any atom is -0.389 e. The summed E-state index contributed by atoms with van der Waals surface area (Å²) in [6.45, 7) is 7.78. The highest BCUT2D eigenvalue weighted by atomic mass is 79.9. The van der Waals surface area contributed by atoms with Crippen LogP contribution in [0.3, 0.4) is 0 Å². The van der Waals surface area contributed by atoms with Crippen molar-refractivity contribution in [2.24, 2.45) is 5.41 Å². The van der Waals surface area contributed by atoms with Crippen LogP contribution in [-0.2, 0) is 0 Å². The van der Waals surface area contributed by atoms with Crippen molar-refractivity contribution in [1.82, 2.24) is 24.9 Å². The third-order valence-electron chi connectivity index (χ3n) is 7.51. The Hall–Kier alpha value is -4.01. The number of aliphatic hydroxyl groups is 1. The average Bonchev–Trinajstić information content (AvgIpc) is 3.68. The lowest BCUT2D eigenvalue weighted by Gasteiger charge is -2.36. The molecule has 42 heavy (non-hydrogen) atoms. The number of pyridine rings is 1. The number of nitrogens with zero attached hydrogens (tertiary/aromatic N) is 6. The van der Waals surface area contributed by atoms with Crippen molar-refractivity contribution < 1.29 is 9.90 Å². The topological polar surface area (TPSA) is 132 Å². The molecule has 1 saturated heterocycles. The quantitative estimate of drug-likeness (QED) is 0.240.